The summed E-state index contributed by atoms with van der Waals surface area (Å²) < 4.78 is 10.7. The van der Waals surface area contributed by atoms with Crippen LogP contribution in [0, 0.1) is 12.3 Å². The fraction of sp³-hybridized carbons (Fsp3) is 0.412. The van der Waals surface area contributed by atoms with E-state index in [1.54, 1.807) is 0 Å². The third-order valence-electron chi connectivity index (χ3n) is 4.29. The third-order valence-corrected chi connectivity index (χ3v) is 4.29. The highest BCUT2D eigenvalue weighted by Crippen LogP contribution is 2.35. The lowest BCUT2D eigenvalue weighted by atomic mass is 9.76. The molecule has 0 bridgehead atoms. The van der Waals surface area contributed by atoms with E-state index >= 15 is 0 Å². The molecule has 1 aliphatic rings. The Hall–Kier alpha value is -2.14. The second-order valence-electron chi connectivity index (χ2n) is 5.92. The maximum atomic E-state index is 11.7. The normalized spacial score (nSPS) is 17.3. The number of aromatic nitrogens is 1. The van der Waals surface area contributed by atoms with Gasteiger partial charge in [-0.15, -0.1) is 0 Å². The molecule has 0 unspecified atom stereocenters. The molecule has 1 aromatic carbocycles. The Labute approximate surface area is 128 Å². The van der Waals surface area contributed by atoms with Crippen molar-refractivity contribution in [3.63, 3.8) is 0 Å². The van der Waals surface area contributed by atoms with Crippen molar-refractivity contribution in [2.24, 2.45) is 5.41 Å². The van der Waals surface area contributed by atoms with Gasteiger partial charge in [-0.1, -0.05) is 28.9 Å². The van der Waals surface area contributed by atoms with Gasteiger partial charge in [0, 0.05) is 31.3 Å². The van der Waals surface area contributed by atoms with Gasteiger partial charge < -0.3 is 14.4 Å². The average Bonchev–Trinajstić information content (AvgIpc) is 2.96. The van der Waals surface area contributed by atoms with E-state index in [4.69, 9.17) is 9.26 Å². The molecule has 0 spiro atoms. The van der Waals surface area contributed by atoms with Crippen molar-refractivity contribution in [1.29, 1.82) is 0 Å². The van der Waals surface area contributed by atoms with Crippen LogP contribution in [0.15, 0.2) is 34.9 Å². The quantitative estimate of drug-likeness (QED) is 0.939. The van der Waals surface area contributed by atoms with Crippen molar-refractivity contribution < 1.29 is 19.2 Å². The standard InChI is InChI=1S/C17H19NO4/c1-12-3-2-4-13(9-12)15-10-14(22-18-15)11-17(16(19)20)5-7-21-8-6-17/h2-4,9-10H,5-8,11H2,1H3,(H,19,20). The molecule has 0 radical (unpaired) electrons. The van der Waals surface area contributed by atoms with Gasteiger partial charge in [-0.3, -0.25) is 4.79 Å². The molecule has 0 saturated carbocycles. The van der Waals surface area contributed by atoms with Gasteiger partial charge in [0.2, 0.25) is 0 Å². The lowest BCUT2D eigenvalue weighted by molar-refractivity contribution is -0.155. The van der Waals surface area contributed by atoms with Gasteiger partial charge in [0.15, 0.2) is 0 Å². The number of aryl methyl sites for hydroxylation is 1. The summed E-state index contributed by atoms with van der Waals surface area (Å²) in [4.78, 5) is 11.7. The largest absolute Gasteiger partial charge is 0.481 e. The molecule has 2 aromatic rings. The number of benzene rings is 1. The molecule has 1 N–H and O–H groups in total. The summed E-state index contributed by atoms with van der Waals surface area (Å²) in [6.45, 7) is 2.97. The molecule has 5 nitrogen and oxygen atoms in total. The Morgan fingerprint density at radius 1 is 1.32 bits per heavy atom. The number of rotatable bonds is 4. The third kappa shape index (κ3) is 2.90. The van der Waals surface area contributed by atoms with E-state index < -0.39 is 11.4 Å². The molecule has 1 aliphatic heterocycles. The Balaban J connectivity index is 1.83. The molecule has 1 fully saturated rings. The summed E-state index contributed by atoms with van der Waals surface area (Å²) in [5, 5.41) is 13.7. The summed E-state index contributed by atoms with van der Waals surface area (Å²) in [5.41, 5.74) is 2.06. The van der Waals surface area contributed by atoms with Gasteiger partial charge in [-0.25, -0.2) is 0 Å². The van der Waals surface area contributed by atoms with Gasteiger partial charge in [0.1, 0.15) is 11.5 Å². The Morgan fingerprint density at radius 2 is 2.09 bits per heavy atom. The van der Waals surface area contributed by atoms with E-state index in [2.05, 4.69) is 5.16 Å². The molecule has 0 atom stereocenters. The van der Waals surface area contributed by atoms with Crippen molar-refractivity contribution in [3.8, 4) is 11.3 Å². The average molecular weight is 301 g/mol. The van der Waals surface area contributed by atoms with E-state index in [1.807, 2.05) is 37.3 Å². The minimum absolute atomic E-state index is 0.352. The second kappa shape index (κ2) is 5.93. The predicted octanol–water partition coefficient (Wildman–Crippen LogP) is 3.07. The van der Waals surface area contributed by atoms with Crippen molar-refractivity contribution in [2.45, 2.75) is 26.2 Å². The number of carboxylic acid groups (broad SMARTS) is 1. The minimum atomic E-state index is -0.804. The summed E-state index contributed by atoms with van der Waals surface area (Å²) in [5.74, 6) is -0.176. The van der Waals surface area contributed by atoms with E-state index in [1.165, 1.54) is 0 Å². The van der Waals surface area contributed by atoms with Crippen LogP contribution in [-0.4, -0.2) is 29.4 Å². The fourth-order valence-electron chi connectivity index (χ4n) is 2.90. The van der Waals surface area contributed by atoms with Crippen LogP contribution in [0.4, 0.5) is 0 Å². The first-order valence-corrected chi connectivity index (χ1v) is 7.43. The number of carbonyl (C=O) groups is 1. The highest BCUT2D eigenvalue weighted by Gasteiger charge is 2.41. The summed E-state index contributed by atoms with van der Waals surface area (Å²) in [7, 11) is 0. The summed E-state index contributed by atoms with van der Waals surface area (Å²) in [6.07, 6.45) is 1.36. The number of carboxylic acids is 1. The first-order chi connectivity index (χ1) is 10.6. The molecule has 22 heavy (non-hydrogen) atoms. The molecule has 2 heterocycles. The van der Waals surface area contributed by atoms with E-state index in [0.29, 0.717) is 38.2 Å². The number of ether oxygens (including phenoxy) is 1. The second-order valence-corrected chi connectivity index (χ2v) is 5.92. The maximum Gasteiger partial charge on any atom is 0.310 e. The molecule has 3 rings (SSSR count). The van der Waals surface area contributed by atoms with Crippen molar-refractivity contribution >= 4 is 5.97 Å². The van der Waals surface area contributed by atoms with Crippen LogP contribution in [0.1, 0.15) is 24.2 Å². The predicted molar refractivity (Wildman–Crippen MR) is 80.5 cm³/mol. The van der Waals surface area contributed by atoms with Gasteiger partial charge in [-0.2, -0.15) is 0 Å². The van der Waals surface area contributed by atoms with E-state index in [0.717, 1.165) is 16.8 Å². The molecule has 0 aliphatic carbocycles. The lowest BCUT2D eigenvalue weighted by Crippen LogP contribution is -2.39. The van der Waals surface area contributed by atoms with Gasteiger partial charge in [0.05, 0.1) is 5.41 Å². The zero-order valence-corrected chi connectivity index (χ0v) is 12.5. The lowest BCUT2D eigenvalue weighted by Gasteiger charge is -2.32. The minimum Gasteiger partial charge on any atom is -0.481 e. The van der Waals surface area contributed by atoms with Crippen LogP contribution in [0.3, 0.4) is 0 Å². The first kappa shape index (κ1) is 14.8. The zero-order chi connectivity index (χ0) is 15.6. The number of hydrogen-bond donors (Lipinski definition) is 1. The highest BCUT2D eigenvalue weighted by atomic mass is 16.5. The summed E-state index contributed by atoms with van der Waals surface area (Å²) >= 11 is 0. The molecule has 116 valence electrons. The molecule has 5 heteroatoms. The number of aliphatic carboxylic acids is 1. The fourth-order valence-corrected chi connectivity index (χ4v) is 2.90. The van der Waals surface area contributed by atoms with Crippen LogP contribution in [0.2, 0.25) is 0 Å². The first-order valence-electron chi connectivity index (χ1n) is 7.43. The van der Waals surface area contributed by atoms with Gasteiger partial charge in [-0.05, 0) is 25.8 Å². The van der Waals surface area contributed by atoms with Crippen molar-refractivity contribution in [2.75, 3.05) is 13.2 Å². The van der Waals surface area contributed by atoms with Crippen LogP contribution in [0.25, 0.3) is 11.3 Å². The Morgan fingerprint density at radius 3 is 2.77 bits per heavy atom. The van der Waals surface area contributed by atoms with E-state index in [9.17, 15) is 9.90 Å². The molecule has 0 amide bonds. The van der Waals surface area contributed by atoms with Crippen LogP contribution in [0.5, 0.6) is 0 Å². The Bertz CT molecular complexity index is 671. The van der Waals surface area contributed by atoms with E-state index in [-0.39, 0.29) is 0 Å². The van der Waals surface area contributed by atoms with Crippen LogP contribution >= 0.6 is 0 Å². The zero-order valence-electron chi connectivity index (χ0n) is 12.5. The maximum absolute atomic E-state index is 11.7. The molecular weight excluding hydrogens is 282 g/mol. The van der Waals surface area contributed by atoms with Crippen molar-refractivity contribution in [3.05, 3.63) is 41.7 Å². The highest BCUT2D eigenvalue weighted by molar-refractivity contribution is 5.75. The molecule has 1 aromatic heterocycles. The SMILES string of the molecule is Cc1cccc(-c2cc(CC3(C(=O)O)CCOCC3)on2)c1. The summed E-state index contributed by atoms with van der Waals surface area (Å²) in [6, 6.07) is 9.83. The monoisotopic (exact) mass is 301 g/mol. The van der Waals surface area contributed by atoms with Crippen LogP contribution in [-0.2, 0) is 16.0 Å². The number of hydrogen-bond acceptors (Lipinski definition) is 4. The molecule has 1 saturated heterocycles. The smallest absolute Gasteiger partial charge is 0.310 e. The molecular formula is C17H19NO4. The van der Waals surface area contributed by atoms with Crippen LogP contribution < -0.4 is 0 Å². The van der Waals surface area contributed by atoms with Gasteiger partial charge >= 0.3 is 5.97 Å². The van der Waals surface area contributed by atoms with Gasteiger partial charge in [0.25, 0.3) is 0 Å². The number of nitrogens with zero attached hydrogens (tertiary/aromatic N) is 1. The Kier molecular flexibility index (Phi) is 3.98. The van der Waals surface area contributed by atoms with Crippen molar-refractivity contribution in [1.82, 2.24) is 5.16 Å². The topological polar surface area (TPSA) is 72.6 Å².